The molecule has 1 amide bonds. The second-order valence-corrected chi connectivity index (χ2v) is 7.12. The van der Waals surface area contributed by atoms with E-state index in [4.69, 9.17) is 9.47 Å². The van der Waals surface area contributed by atoms with E-state index in [1.54, 1.807) is 0 Å². The second kappa shape index (κ2) is 5.98. The maximum absolute atomic E-state index is 12.5. The monoisotopic (exact) mass is 329 g/mol. The van der Waals surface area contributed by atoms with Crippen molar-refractivity contribution >= 4 is 17.2 Å². The number of fused-ring (bicyclic) bond motifs is 3. The Bertz CT molecular complexity index is 734. The fraction of sp³-hybridized carbons (Fsp3) is 0.389. The number of ether oxygens (including phenoxy) is 2. The van der Waals surface area contributed by atoms with Crippen LogP contribution in [0.1, 0.15) is 35.0 Å². The predicted molar refractivity (Wildman–Crippen MR) is 90.0 cm³/mol. The van der Waals surface area contributed by atoms with Gasteiger partial charge in [0.1, 0.15) is 12.4 Å². The number of benzene rings is 1. The topological polar surface area (TPSA) is 47.6 Å². The van der Waals surface area contributed by atoms with Crippen LogP contribution in [0.25, 0.3) is 10.4 Å². The summed E-state index contributed by atoms with van der Waals surface area (Å²) < 4.78 is 11.4. The summed E-state index contributed by atoms with van der Waals surface area (Å²) in [6.07, 6.45) is 2.23. The van der Waals surface area contributed by atoms with Crippen LogP contribution in [0.3, 0.4) is 0 Å². The van der Waals surface area contributed by atoms with Gasteiger partial charge in [0.25, 0.3) is 5.91 Å². The number of rotatable bonds is 3. The van der Waals surface area contributed by atoms with Gasteiger partial charge in [-0.05, 0) is 38.0 Å². The molecular formula is C18H19NO3S. The van der Waals surface area contributed by atoms with Gasteiger partial charge in [0.2, 0.25) is 0 Å². The molecular weight excluding hydrogens is 310 g/mol. The predicted octanol–water partition coefficient (Wildman–Crippen LogP) is 3.60. The third-order valence-electron chi connectivity index (χ3n) is 4.43. The van der Waals surface area contributed by atoms with Gasteiger partial charge in [-0.3, -0.25) is 4.79 Å². The highest BCUT2D eigenvalue weighted by Crippen LogP contribution is 2.42. The molecule has 0 aliphatic carbocycles. The van der Waals surface area contributed by atoms with Crippen molar-refractivity contribution in [3.05, 3.63) is 40.8 Å². The van der Waals surface area contributed by atoms with E-state index in [0.29, 0.717) is 6.61 Å². The van der Waals surface area contributed by atoms with Crippen LogP contribution < -0.4 is 10.1 Å². The zero-order valence-electron chi connectivity index (χ0n) is 13.0. The highest BCUT2D eigenvalue weighted by atomic mass is 32.1. The molecule has 1 saturated heterocycles. The zero-order chi connectivity index (χ0) is 15.8. The summed E-state index contributed by atoms with van der Waals surface area (Å²) in [7, 11) is 0. The van der Waals surface area contributed by atoms with Crippen molar-refractivity contribution in [1.29, 1.82) is 0 Å². The van der Waals surface area contributed by atoms with Crippen LogP contribution in [-0.2, 0) is 11.3 Å². The van der Waals surface area contributed by atoms with E-state index in [1.807, 2.05) is 37.3 Å². The van der Waals surface area contributed by atoms with E-state index in [9.17, 15) is 4.79 Å². The lowest BCUT2D eigenvalue weighted by molar-refractivity contribution is 0.0714. The van der Waals surface area contributed by atoms with Crippen molar-refractivity contribution in [3.63, 3.8) is 0 Å². The van der Waals surface area contributed by atoms with Gasteiger partial charge in [-0.1, -0.05) is 12.1 Å². The molecule has 3 heterocycles. The summed E-state index contributed by atoms with van der Waals surface area (Å²) >= 11 is 1.54. The lowest BCUT2D eigenvalue weighted by Crippen LogP contribution is -2.40. The number of amides is 1. The molecule has 2 aliphatic rings. The average Bonchev–Trinajstić information content (AvgIpc) is 3.24. The van der Waals surface area contributed by atoms with E-state index in [0.717, 1.165) is 46.1 Å². The van der Waals surface area contributed by atoms with Gasteiger partial charge in [0, 0.05) is 22.6 Å². The van der Waals surface area contributed by atoms with Crippen molar-refractivity contribution in [2.75, 3.05) is 6.61 Å². The molecule has 0 radical (unpaired) electrons. The molecule has 0 spiro atoms. The quantitative estimate of drug-likeness (QED) is 0.936. The summed E-state index contributed by atoms with van der Waals surface area (Å²) in [5.74, 6) is 0.867. The summed E-state index contributed by atoms with van der Waals surface area (Å²) in [5, 5.41) is 3.08. The molecule has 1 fully saturated rings. The average molecular weight is 329 g/mol. The summed E-state index contributed by atoms with van der Waals surface area (Å²) in [6, 6.07) is 9.96. The van der Waals surface area contributed by atoms with Crippen LogP contribution in [0.15, 0.2) is 30.3 Å². The molecule has 23 heavy (non-hydrogen) atoms. The third kappa shape index (κ3) is 2.75. The Balaban J connectivity index is 1.55. The first-order valence-corrected chi connectivity index (χ1v) is 8.81. The first-order valence-electron chi connectivity index (χ1n) is 8.00. The number of carbonyl (C=O) groups is 1. The summed E-state index contributed by atoms with van der Waals surface area (Å²) in [5.41, 5.74) is 2.16. The van der Waals surface area contributed by atoms with Gasteiger partial charge in [0.05, 0.1) is 17.0 Å². The van der Waals surface area contributed by atoms with Crippen molar-refractivity contribution < 1.29 is 14.3 Å². The first-order chi connectivity index (χ1) is 11.2. The fourth-order valence-corrected chi connectivity index (χ4v) is 4.28. The number of thiophene rings is 1. The maximum Gasteiger partial charge on any atom is 0.261 e. The van der Waals surface area contributed by atoms with Gasteiger partial charge in [-0.25, -0.2) is 0 Å². The fourth-order valence-electron chi connectivity index (χ4n) is 3.18. The number of para-hydroxylation sites is 1. The number of hydrogen-bond donors (Lipinski definition) is 1. The van der Waals surface area contributed by atoms with Crippen LogP contribution in [0.5, 0.6) is 5.75 Å². The Labute approximate surface area is 139 Å². The van der Waals surface area contributed by atoms with E-state index >= 15 is 0 Å². The molecule has 120 valence electrons. The van der Waals surface area contributed by atoms with E-state index in [-0.39, 0.29) is 18.1 Å². The lowest BCUT2D eigenvalue weighted by atomic mass is 10.1. The summed E-state index contributed by atoms with van der Waals surface area (Å²) in [4.78, 5) is 14.4. The molecule has 4 nitrogen and oxygen atoms in total. The minimum absolute atomic E-state index is 0.0233. The highest BCUT2D eigenvalue weighted by molar-refractivity contribution is 7.17. The molecule has 2 aliphatic heterocycles. The molecule has 0 unspecified atom stereocenters. The van der Waals surface area contributed by atoms with Crippen LogP contribution in [-0.4, -0.2) is 24.7 Å². The summed E-state index contributed by atoms with van der Waals surface area (Å²) in [6.45, 7) is 3.34. The van der Waals surface area contributed by atoms with Crippen molar-refractivity contribution in [2.45, 2.75) is 38.5 Å². The van der Waals surface area contributed by atoms with Crippen molar-refractivity contribution in [3.8, 4) is 16.2 Å². The van der Waals surface area contributed by atoms with Crippen LogP contribution >= 0.6 is 11.3 Å². The molecule has 4 rings (SSSR count). The molecule has 2 aromatic rings. The van der Waals surface area contributed by atoms with Gasteiger partial charge in [-0.15, -0.1) is 11.3 Å². The first kappa shape index (κ1) is 14.7. The zero-order valence-corrected chi connectivity index (χ0v) is 13.8. The van der Waals surface area contributed by atoms with Gasteiger partial charge < -0.3 is 14.8 Å². The Kier molecular flexibility index (Phi) is 3.83. The maximum atomic E-state index is 12.5. The van der Waals surface area contributed by atoms with Crippen LogP contribution in [0.2, 0.25) is 0 Å². The Morgan fingerprint density at radius 3 is 3.09 bits per heavy atom. The Hall–Kier alpha value is -1.85. The van der Waals surface area contributed by atoms with Crippen molar-refractivity contribution in [2.24, 2.45) is 0 Å². The van der Waals surface area contributed by atoms with Gasteiger partial charge >= 0.3 is 0 Å². The van der Waals surface area contributed by atoms with Crippen LogP contribution in [0, 0.1) is 0 Å². The van der Waals surface area contributed by atoms with E-state index < -0.39 is 0 Å². The Morgan fingerprint density at radius 1 is 1.39 bits per heavy atom. The minimum atomic E-state index is -0.0233. The SMILES string of the molecule is C[C@@H](NC(=O)c1cc2c(s1)-c1ccccc1OC2)[C@@H]1CCCO1. The molecule has 0 saturated carbocycles. The molecule has 1 N–H and O–H groups in total. The largest absolute Gasteiger partial charge is 0.488 e. The standard InChI is InChI=1S/C18H19NO3S/c1-11(14-7-4-8-21-14)19-18(20)16-9-12-10-22-15-6-3-2-5-13(15)17(12)23-16/h2-3,5-6,9,11,14H,4,7-8,10H2,1H3,(H,19,20)/t11-,14+/m1/s1. The van der Waals surface area contributed by atoms with E-state index in [2.05, 4.69) is 5.32 Å². The smallest absolute Gasteiger partial charge is 0.261 e. The molecule has 2 atom stereocenters. The highest BCUT2D eigenvalue weighted by Gasteiger charge is 2.26. The van der Waals surface area contributed by atoms with Gasteiger partial charge in [0.15, 0.2) is 0 Å². The second-order valence-electron chi connectivity index (χ2n) is 6.06. The molecule has 5 heteroatoms. The number of hydrogen-bond acceptors (Lipinski definition) is 4. The number of nitrogens with one attached hydrogen (secondary N) is 1. The minimum Gasteiger partial charge on any atom is -0.488 e. The normalized spacial score (nSPS) is 20.3. The Morgan fingerprint density at radius 2 is 2.26 bits per heavy atom. The molecule has 0 bridgehead atoms. The van der Waals surface area contributed by atoms with E-state index in [1.165, 1.54) is 11.3 Å². The molecule has 1 aromatic heterocycles. The van der Waals surface area contributed by atoms with Crippen molar-refractivity contribution in [1.82, 2.24) is 5.32 Å². The molecule has 1 aromatic carbocycles. The lowest BCUT2D eigenvalue weighted by Gasteiger charge is -2.19. The third-order valence-corrected chi connectivity index (χ3v) is 5.64. The number of carbonyl (C=O) groups excluding carboxylic acids is 1. The van der Waals surface area contributed by atoms with Crippen LogP contribution in [0.4, 0.5) is 0 Å². The van der Waals surface area contributed by atoms with Gasteiger partial charge in [-0.2, -0.15) is 0 Å².